The Bertz CT molecular complexity index is 1190. The van der Waals surface area contributed by atoms with Crippen LogP contribution in [0.15, 0.2) is 48.5 Å². The molecule has 1 aliphatic heterocycles. The predicted molar refractivity (Wildman–Crippen MR) is 152 cm³/mol. The summed E-state index contributed by atoms with van der Waals surface area (Å²) in [6.45, 7) is 11.2. The molecule has 9 heteroatoms. The Morgan fingerprint density at radius 2 is 1.76 bits per heavy atom. The third kappa shape index (κ3) is 6.22. The van der Waals surface area contributed by atoms with E-state index in [1.165, 1.54) is 16.7 Å². The van der Waals surface area contributed by atoms with E-state index in [4.69, 9.17) is 11.5 Å². The Balaban J connectivity index is 2.06. The number of thioether (sulfide) groups is 1. The SMILES string of the molecule is CCc1c(N)cccc1C(=O)[C@@H](Cc1ccccc1)[C@](N)(O)C(=O)N1CSC(C)(C)C1C(=O)NC(C)(C)C. The van der Waals surface area contributed by atoms with E-state index in [1.807, 2.05) is 71.9 Å². The molecule has 0 saturated carbocycles. The van der Waals surface area contributed by atoms with E-state index in [0.717, 1.165) is 5.56 Å². The van der Waals surface area contributed by atoms with Crippen LogP contribution in [-0.4, -0.2) is 55.5 Å². The smallest absolute Gasteiger partial charge is 0.271 e. The second-order valence-corrected chi connectivity index (χ2v) is 13.1. The lowest BCUT2D eigenvalue weighted by Gasteiger charge is -2.38. The molecule has 206 valence electrons. The molecule has 0 aromatic heterocycles. The number of anilines is 1. The fourth-order valence-corrected chi connectivity index (χ4v) is 6.06. The van der Waals surface area contributed by atoms with Gasteiger partial charge < -0.3 is 21.1 Å². The van der Waals surface area contributed by atoms with Crippen molar-refractivity contribution < 1.29 is 19.5 Å². The van der Waals surface area contributed by atoms with Gasteiger partial charge in [0.15, 0.2) is 5.78 Å². The molecule has 3 rings (SSSR count). The van der Waals surface area contributed by atoms with Crippen LogP contribution < -0.4 is 16.8 Å². The van der Waals surface area contributed by atoms with Crippen LogP contribution in [0.3, 0.4) is 0 Å². The number of carbonyl (C=O) groups excluding carboxylic acids is 3. The summed E-state index contributed by atoms with van der Waals surface area (Å²) in [5, 5.41) is 14.7. The molecule has 2 aromatic carbocycles. The molecule has 2 aromatic rings. The lowest BCUT2D eigenvalue weighted by atomic mass is 9.80. The van der Waals surface area contributed by atoms with Gasteiger partial charge in [-0.05, 0) is 64.7 Å². The van der Waals surface area contributed by atoms with Crippen molar-refractivity contribution in [2.45, 2.75) is 76.4 Å². The lowest BCUT2D eigenvalue weighted by molar-refractivity contribution is -0.159. The Morgan fingerprint density at radius 3 is 2.34 bits per heavy atom. The van der Waals surface area contributed by atoms with Gasteiger partial charge in [-0.3, -0.25) is 20.1 Å². The first-order chi connectivity index (χ1) is 17.6. The second-order valence-electron chi connectivity index (χ2n) is 11.5. The summed E-state index contributed by atoms with van der Waals surface area (Å²) in [4.78, 5) is 42.7. The Kier molecular flexibility index (Phi) is 8.65. The number of ketones is 1. The highest BCUT2D eigenvalue weighted by atomic mass is 32.2. The molecule has 1 heterocycles. The van der Waals surface area contributed by atoms with Crippen LogP contribution in [0.1, 0.15) is 63.0 Å². The molecule has 1 fully saturated rings. The number of hydrogen-bond donors (Lipinski definition) is 4. The fourth-order valence-electron chi connectivity index (χ4n) is 4.93. The van der Waals surface area contributed by atoms with E-state index in [-0.39, 0.29) is 18.2 Å². The van der Waals surface area contributed by atoms with Gasteiger partial charge in [-0.25, -0.2) is 0 Å². The zero-order chi connectivity index (χ0) is 28.5. The average molecular weight is 541 g/mol. The van der Waals surface area contributed by atoms with E-state index in [1.54, 1.807) is 18.2 Å². The van der Waals surface area contributed by atoms with E-state index >= 15 is 0 Å². The first-order valence-electron chi connectivity index (χ1n) is 12.8. The number of nitrogens with one attached hydrogen (secondary N) is 1. The van der Waals surface area contributed by atoms with Gasteiger partial charge in [0, 0.05) is 21.5 Å². The van der Waals surface area contributed by atoms with Crippen molar-refractivity contribution in [3.05, 3.63) is 65.2 Å². The largest absolute Gasteiger partial charge is 0.398 e. The van der Waals surface area contributed by atoms with Crippen LogP contribution in [0, 0.1) is 5.92 Å². The number of carbonyl (C=O) groups is 3. The zero-order valence-corrected chi connectivity index (χ0v) is 23.9. The van der Waals surface area contributed by atoms with Crippen LogP contribution in [0.4, 0.5) is 5.69 Å². The maximum atomic E-state index is 14.0. The number of rotatable bonds is 8. The minimum atomic E-state index is -2.58. The maximum Gasteiger partial charge on any atom is 0.271 e. The predicted octanol–water partition coefficient (Wildman–Crippen LogP) is 3.11. The van der Waals surface area contributed by atoms with Crippen molar-refractivity contribution in [1.82, 2.24) is 10.2 Å². The molecule has 38 heavy (non-hydrogen) atoms. The van der Waals surface area contributed by atoms with Gasteiger partial charge in [-0.15, -0.1) is 11.8 Å². The van der Waals surface area contributed by atoms with Gasteiger partial charge in [0.1, 0.15) is 6.04 Å². The second kappa shape index (κ2) is 11.1. The molecule has 0 radical (unpaired) electrons. The molecular weight excluding hydrogens is 500 g/mol. The fraction of sp³-hybridized carbons (Fsp3) is 0.483. The van der Waals surface area contributed by atoms with E-state index < -0.39 is 39.7 Å². The van der Waals surface area contributed by atoms with Gasteiger partial charge in [0.25, 0.3) is 5.91 Å². The van der Waals surface area contributed by atoms with Crippen LogP contribution in [0.25, 0.3) is 0 Å². The third-order valence-corrected chi connectivity index (χ3v) is 8.23. The standard InChI is InChI=1S/C29H40N4O4S/c1-7-19-20(14-11-15-22(19)30)23(34)21(16-18-12-9-8-10-13-18)29(31,37)26(36)33-17-38-28(5,6)24(33)25(35)32-27(2,3)4/h8-15,21,24,37H,7,16-17,30-31H2,1-6H3,(H,32,35)/t21-,24?,29+/m1/s1. The lowest BCUT2D eigenvalue weighted by Crippen LogP contribution is -2.66. The first kappa shape index (κ1) is 29.7. The summed E-state index contributed by atoms with van der Waals surface area (Å²) in [5.74, 6) is -2.84. The minimum Gasteiger partial charge on any atom is -0.398 e. The Hall–Kier alpha value is -2.88. The summed E-state index contributed by atoms with van der Waals surface area (Å²) in [5.41, 5.74) is 11.7. The van der Waals surface area contributed by atoms with Crippen molar-refractivity contribution >= 4 is 35.0 Å². The quantitative estimate of drug-likeness (QED) is 0.229. The normalized spacial score (nSPS) is 19.5. The van der Waals surface area contributed by atoms with Gasteiger partial charge in [-0.2, -0.15) is 0 Å². The number of nitrogens with two attached hydrogens (primary N) is 2. The number of hydrogen-bond acceptors (Lipinski definition) is 7. The van der Waals surface area contributed by atoms with Crippen molar-refractivity contribution in [3.63, 3.8) is 0 Å². The maximum absolute atomic E-state index is 14.0. The third-order valence-electron chi connectivity index (χ3n) is 6.86. The molecule has 6 N–H and O–H groups in total. The average Bonchev–Trinajstić information content (AvgIpc) is 3.15. The van der Waals surface area contributed by atoms with Gasteiger partial charge in [-0.1, -0.05) is 49.4 Å². The van der Waals surface area contributed by atoms with E-state index in [9.17, 15) is 19.5 Å². The van der Waals surface area contributed by atoms with Crippen molar-refractivity contribution in [2.75, 3.05) is 11.6 Å². The first-order valence-corrected chi connectivity index (χ1v) is 13.8. The number of amides is 2. The number of Topliss-reactive ketones (excluding diaryl/α,β-unsaturated/α-hetero) is 1. The molecule has 1 unspecified atom stereocenters. The van der Waals surface area contributed by atoms with Crippen LogP contribution in [-0.2, 0) is 22.4 Å². The topological polar surface area (TPSA) is 139 Å². The molecule has 3 atom stereocenters. The molecule has 1 aliphatic rings. The summed E-state index contributed by atoms with van der Waals surface area (Å²) < 4.78 is -0.636. The number of nitrogen functional groups attached to an aromatic ring is 1. The number of aliphatic hydroxyl groups is 1. The Labute approximate surface area is 229 Å². The molecular formula is C29H40N4O4S. The molecule has 0 aliphatic carbocycles. The van der Waals surface area contributed by atoms with Gasteiger partial charge >= 0.3 is 0 Å². The summed E-state index contributed by atoms with van der Waals surface area (Å²) in [7, 11) is 0. The monoisotopic (exact) mass is 540 g/mol. The molecule has 8 nitrogen and oxygen atoms in total. The van der Waals surface area contributed by atoms with Crippen LogP contribution in [0.5, 0.6) is 0 Å². The van der Waals surface area contributed by atoms with Gasteiger partial charge in [0.2, 0.25) is 11.6 Å². The summed E-state index contributed by atoms with van der Waals surface area (Å²) in [6.07, 6.45) is 0.522. The zero-order valence-electron chi connectivity index (χ0n) is 23.1. The summed E-state index contributed by atoms with van der Waals surface area (Å²) in [6, 6.07) is 13.2. The van der Waals surface area contributed by atoms with Crippen molar-refractivity contribution in [3.8, 4) is 0 Å². The minimum absolute atomic E-state index is 0.0274. The summed E-state index contributed by atoms with van der Waals surface area (Å²) >= 11 is 1.42. The molecule has 1 saturated heterocycles. The van der Waals surface area contributed by atoms with E-state index in [0.29, 0.717) is 23.2 Å². The highest BCUT2D eigenvalue weighted by molar-refractivity contribution is 8.00. The van der Waals surface area contributed by atoms with Crippen LogP contribution >= 0.6 is 11.8 Å². The number of nitrogens with zero attached hydrogens (tertiary/aromatic N) is 1. The van der Waals surface area contributed by atoms with E-state index in [2.05, 4.69) is 5.32 Å². The number of benzene rings is 2. The highest BCUT2D eigenvalue weighted by Gasteiger charge is 2.55. The van der Waals surface area contributed by atoms with Crippen LogP contribution in [0.2, 0.25) is 0 Å². The molecule has 0 spiro atoms. The van der Waals surface area contributed by atoms with Crippen molar-refractivity contribution in [1.29, 1.82) is 0 Å². The molecule has 2 amide bonds. The highest BCUT2D eigenvalue weighted by Crippen LogP contribution is 2.41. The molecule has 0 bridgehead atoms. The van der Waals surface area contributed by atoms with Crippen molar-refractivity contribution in [2.24, 2.45) is 11.7 Å². The Morgan fingerprint density at radius 1 is 1.13 bits per heavy atom. The van der Waals surface area contributed by atoms with Gasteiger partial charge in [0.05, 0.1) is 11.8 Å².